The predicted octanol–water partition coefficient (Wildman–Crippen LogP) is 4.05. The Morgan fingerprint density at radius 1 is 1.22 bits per heavy atom. The lowest BCUT2D eigenvalue weighted by molar-refractivity contribution is 0.105. The first kappa shape index (κ1) is 13.7. The second-order valence-electron chi connectivity index (χ2n) is 7.28. The zero-order valence-corrected chi connectivity index (χ0v) is 12.9. The SMILES string of the molecule is Cc1c(N)nsc1NC1CC(C)(C)CC(C)(C)C1. The Labute approximate surface area is 114 Å². The molecule has 1 saturated carbocycles. The van der Waals surface area contributed by atoms with Gasteiger partial charge in [0, 0.05) is 11.6 Å². The summed E-state index contributed by atoms with van der Waals surface area (Å²) in [7, 11) is 0. The molecule has 1 aliphatic carbocycles. The smallest absolute Gasteiger partial charge is 0.142 e. The molecule has 3 nitrogen and oxygen atoms in total. The summed E-state index contributed by atoms with van der Waals surface area (Å²) in [5, 5.41) is 4.80. The molecule has 1 aliphatic rings. The maximum absolute atomic E-state index is 5.81. The van der Waals surface area contributed by atoms with Crippen molar-refractivity contribution in [3.8, 4) is 0 Å². The highest BCUT2D eigenvalue weighted by atomic mass is 32.1. The standard InChI is InChI=1S/C14H25N3S/c1-9-11(15)17-18-12(9)16-10-6-13(2,3)8-14(4,5)7-10/h10,16H,6-8H2,1-5H3,(H2,15,17). The van der Waals surface area contributed by atoms with Crippen molar-refractivity contribution in [1.82, 2.24) is 4.37 Å². The lowest BCUT2D eigenvalue weighted by Crippen LogP contribution is -2.40. The molecule has 4 heteroatoms. The minimum atomic E-state index is 0.406. The van der Waals surface area contributed by atoms with Crippen LogP contribution in [-0.4, -0.2) is 10.4 Å². The van der Waals surface area contributed by atoms with E-state index in [1.807, 2.05) is 6.92 Å². The first-order chi connectivity index (χ1) is 8.19. The van der Waals surface area contributed by atoms with E-state index in [0.717, 1.165) is 10.6 Å². The first-order valence-corrected chi connectivity index (χ1v) is 7.44. The molecule has 0 amide bonds. The Morgan fingerprint density at radius 2 is 1.78 bits per heavy atom. The van der Waals surface area contributed by atoms with Crippen LogP contribution in [0.1, 0.15) is 52.5 Å². The summed E-state index contributed by atoms with van der Waals surface area (Å²) in [5.74, 6) is 0.664. The summed E-state index contributed by atoms with van der Waals surface area (Å²) in [6.45, 7) is 11.5. The van der Waals surface area contributed by atoms with Gasteiger partial charge in [0.2, 0.25) is 0 Å². The van der Waals surface area contributed by atoms with Gasteiger partial charge in [0.1, 0.15) is 10.8 Å². The van der Waals surface area contributed by atoms with E-state index < -0.39 is 0 Å². The van der Waals surface area contributed by atoms with Crippen molar-refractivity contribution in [3.05, 3.63) is 5.56 Å². The van der Waals surface area contributed by atoms with Gasteiger partial charge in [-0.25, -0.2) is 0 Å². The Morgan fingerprint density at radius 3 is 2.22 bits per heavy atom. The highest BCUT2D eigenvalue weighted by Gasteiger charge is 2.38. The van der Waals surface area contributed by atoms with E-state index in [4.69, 9.17) is 5.73 Å². The van der Waals surface area contributed by atoms with Gasteiger partial charge >= 0.3 is 0 Å². The molecule has 1 aromatic heterocycles. The van der Waals surface area contributed by atoms with Gasteiger partial charge < -0.3 is 11.1 Å². The van der Waals surface area contributed by atoms with Gasteiger partial charge in [-0.05, 0) is 48.5 Å². The van der Waals surface area contributed by atoms with Crippen molar-refractivity contribution < 1.29 is 0 Å². The Hall–Kier alpha value is -0.770. The number of rotatable bonds is 2. The Kier molecular flexibility index (Phi) is 3.34. The summed E-state index contributed by atoms with van der Waals surface area (Å²) in [4.78, 5) is 0. The average molecular weight is 267 g/mol. The third kappa shape index (κ3) is 2.97. The minimum Gasteiger partial charge on any atom is -0.383 e. The summed E-state index contributed by atoms with van der Waals surface area (Å²) in [6.07, 6.45) is 3.73. The minimum absolute atomic E-state index is 0.406. The summed E-state index contributed by atoms with van der Waals surface area (Å²) in [6, 6.07) is 0.530. The molecule has 1 heterocycles. The number of nitrogens with two attached hydrogens (primary N) is 1. The van der Waals surface area contributed by atoms with Crippen molar-refractivity contribution in [3.63, 3.8) is 0 Å². The molecule has 0 aliphatic heterocycles. The number of nitrogens with zero attached hydrogens (tertiary/aromatic N) is 1. The second kappa shape index (κ2) is 4.41. The quantitative estimate of drug-likeness (QED) is 0.850. The van der Waals surface area contributed by atoms with Crippen LogP contribution >= 0.6 is 11.5 Å². The molecule has 0 bridgehead atoms. The van der Waals surface area contributed by atoms with Crippen LogP contribution < -0.4 is 11.1 Å². The van der Waals surface area contributed by atoms with E-state index in [0.29, 0.717) is 22.7 Å². The van der Waals surface area contributed by atoms with Gasteiger partial charge in [0.25, 0.3) is 0 Å². The third-order valence-corrected chi connectivity index (χ3v) is 4.74. The molecular weight excluding hydrogens is 242 g/mol. The highest BCUT2D eigenvalue weighted by Crippen LogP contribution is 2.46. The van der Waals surface area contributed by atoms with E-state index >= 15 is 0 Å². The number of hydrogen-bond donors (Lipinski definition) is 2. The van der Waals surface area contributed by atoms with E-state index in [1.165, 1.54) is 30.8 Å². The number of nitrogens with one attached hydrogen (secondary N) is 1. The molecule has 0 spiro atoms. The van der Waals surface area contributed by atoms with Crippen LogP contribution in [0.4, 0.5) is 10.8 Å². The molecule has 0 radical (unpaired) electrons. The Bertz CT molecular complexity index is 418. The average Bonchev–Trinajstić information content (AvgIpc) is 2.44. The second-order valence-corrected chi connectivity index (χ2v) is 8.05. The molecule has 1 fully saturated rings. The van der Waals surface area contributed by atoms with Crippen molar-refractivity contribution in [1.29, 1.82) is 0 Å². The maximum atomic E-state index is 5.81. The number of hydrogen-bond acceptors (Lipinski definition) is 4. The van der Waals surface area contributed by atoms with Crippen LogP contribution in [0.3, 0.4) is 0 Å². The zero-order chi connectivity index (χ0) is 13.6. The third-order valence-electron chi connectivity index (χ3n) is 3.85. The zero-order valence-electron chi connectivity index (χ0n) is 12.1. The van der Waals surface area contributed by atoms with Crippen LogP contribution in [0, 0.1) is 17.8 Å². The molecule has 0 atom stereocenters. The molecular formula is C14H25N3S. The monoisotopic (exact) mass is 267 g/mol. The van der Waals surface area contributed by atoms with Crippen LogP contribution in [0.15, 0.2) is 0 Å². The van der Waals surface area contributed by atoms with Crippen LogP contribution in [0.2, 0.25) is 0 Å². The van der Waals surface area contributed by atoms with E-state index in [2.05, 4.69) is 37.4 Å². The summed E-state index contributed by atoms with van der Waals surface area (Å²) >= 11 is 1.48. The van der Waals surface area contributed by atoms with Crippen molar-refractivity contribution in [2.75, 3.05) is 11.1 Å². The van der Waals surface area contributed by atoms with Gasteiger partial charge in [-0.3, -0.25) is 0 Å². The highest BCUT2D eigenvalue weighted by molar-refractivity contribution is 7.10. The lowest BCUT2D eigenvalue weighted by atomic mass is 9.63. The Balaban J connectivity index is 2.12. The molecule has 0 unspecified atom stereocenters. The van der Waals surface area contributed by atoms with E-state index in [1.54, 1.807) is 0 Å². The normalized spacial score (nSPS) is 22.9. The van der Waals surface area contributed by atoms with Crippen LogP contribution in [-0.2, 0) is 0 Å². The maximum Gasteiger partial charge on any atom is 0.142 e. The van der Waals surface area contributed by atoms with Gasteiger partial charge in [-0.2, -0.15) is 4.37 Å². The fourth-order valence-corrected chi connectivity index (χ4v) is 4.40. The molecule has 3 N–H and O–H groups in total. The fourth-order valence-electron chi connectivity index (χ4n) is 3.62. The lowest BCUT2D eigenvalue weighted by Gasteiger charge is -2.45. The fraction of sp³-hybridized carbons (Fsp3) is 0.786. The predicted molar refractivity (Wildman–Crippen MR) is 80.1 cm³/mol. The van der Waals surface area contributed by atoms with E-state index in [-0.39, 0.29) is 0 Å². The van der Waals surface area contributed by atoms with E-state index in [9.17, 15) is 0 Å². The van der Waals surface area contributed by atoms with Gasteiger partial charge in [-0.1, -0.05) is 27.7 Å². The first-order valence-electron chi connectivity index (χ1n) is 6.67. The largest absolute Gasteiger partial charge is 0.383 e. The van der Waals surface area contributed by atoms with Crippen molar-refractivity contribution in [2.24, 2.45) is 10.8 Å². The van der Waals surface area contributed by atoms with Crippen LogP contribution in [0.25, 0.3) is 0 Å². The molecule has 0 saturated heterocycles. The van der Waals surface area contributed by atoms with Crippen LogP contribution in [0.5, 0.6) is 0 Å². The molecule has 102 valence electrons. The van der Waals surface area contributed by atoms with Gasteiger partial charge in [0.05, 0.1) is 0 Å². The van der Waals surface area contributed by atoms with Gasteiger partial charge in [-0.15, -0.1) is 0 Å². The summed E-state index contributed by atoms with van der Waals surface area (Å²) < 4.78 is 4.21. The molecule has 0 aromatic carbocycles. The number of anilines is 2. The molecule has 18 heavy (non-hydrogen) atoms. The van der Waals surface area contributed by atoms with Gasteiger partial charge in [0.15, 0.2) is 0 Å². The number of aromatic nitrogens is 1. The topological polar surface area (TPSA) is 50.9 Å². The summed E-state index contributed by atoms with van der Waals surface area (Å²) in [5.41, 5.74) is 7.72. The number of nitrogen functional groups attached to an aromatic ring is 1. The molecule has 2 rings (SSSR count). The molecule has 1 aromatic rings. The van der Waals surface area contributed by atoms with Crippen molar-refractivity contribution >= 4 is 22.4 Å². The van der Waals surface area contributed by atoms with Crippen molar-refractivity contribution in [2.45, 2.75) is 59.9 Å².